The highest BCUT2D eigenvalue weighted by Crippen LogP contribution is 2.25. The van der Waals surface area contributed by atoms with Crippen molar-refractivity contribution in [3.8, 4) is 11.3 Å². The number of aryl methyl sites for hydroxylation is 2. The lowest BCUT2D eigenvalue weighted by Crippen LogP contribution is -2.28. The molecule has 0 saturated carbocycles. The van der Waals surface area contributed by atoms with Gasteiger partial charge in [-0.3, -0.25) is 9.78 Å². The van der Waals surface area contributed by atoms with E-state index >= 15 is 0 Å². The zero-order valence-corrected chi connectivity index (χ0v) is 18.6. The van der Waals surface area contributed by atoms with Crippen LogP contribution in [0.3, 0.4) is 0 Å². The Morgan fingerprint density at radius 1 is 1.21 bits per heavy atom. The van der Waals surface area contributed by atoms with Crippen molar-refractivity contribution in [3.05, 3.63) is 81.5 Å². The predicted molar refractivity (Wildman–Crippen MR) is 117 cm³/mol. The Kier molecular flexibility index (Phi) is 6.65. The largest absolute Gasteiger partial charge is 0.343 e. The average molecular weight is 477 g/mol. The number of benzene rings is 1. The van der Waals surface area contributed by atoms with Crippen LogP contribution in [0.1, 0.15) is 45.8 Å². The van der Waals surface area contributed by atoms with E-state index in [4.69, 9.17) is 11.6 Å². The number of amides is 1. The number of hydrogen-bond acceptors (Lipinski definition) is 3. The Hall–Kier alpha value is -2.31. The summed E-state index contributed by atoms with van der Waals surface area (Å²) in [6.45, 7) is 5.56. The minimum Gasteiger partial charge on any atom is -0.343 e. The number of nitrogens with zero attached hydrogens (tertiary/aromatic N) is 2. The fourth-order valence-corrected chi connectivity index (χ4v) is 3.40. The number of alkyl halides is 1. The molecule has 29 heavy (non-hydrogen) atoms. The van der Waals surface area contributed by atoms with E-state index in [1.807, 2.05) is 32.9 Å². The van der Waals surface area contributed by atoms with E-state index in [0.717, 1.165) is 22.3 Å². The van der Waals surface area contributed by atoms with Gasteiger partial charge in [-0.15, -0.1) is 0 Å². The summed E-state index contributed by atoms with van der Waals surface area (Å²) in [6, 6.07) is 9.68. The second kappa shape index (κ2) is 9.01. The fourth-order valence-electron chi connectivity index (χ4n) is 2.98. The maximum atomic E-state index is 13.5. The van der Waals surface area contributed by atoms with Gasteiger partial charge in [0, 0.05) is 17.1 Å². The molecule has 0 fully saturated rings. The van der Waals surface area contributed by atoms with Crippen LogP contribution in [-0.4, -0.2) is 15.9 Å². The van der Waals surface area contributed by atoms with Crippen molar-refractivity contribution in [2.45, 2.75) is 32.1 Å². The number of nitrogens with one attached hydrogen (secondary N) is 1. The lowest BCUT2D eigenvalue weighted by atomic mass is 10.0. The molecule has 7 heteroatoms. The van der Waals surface area contributed by atoms with Crippen LogP contribution in [0.5, 0.6) is 0 Å². The first-order valence-electron chi connectivity index (χ1n) is 9.05. The van der Waals surface area contributed by atoms with Gasteiger partial charge in [-0.05, 0) is 73.9 Å². The summed E-state index contributed by atoms with van der Waals surface area (Å²) in [4.78, 5) is 21.7. The fraction of sp³-hybridized carbons (Fsp3) is 0.227. The molecule has 3 aromatic rings. The van der Waals surface area contributed by atoms with E-state index < -0.39 is 0 Å². The van der Waals surface area contributed by atoms with E-state index in [1.165, 1.54) is 12.1 Å². The van der Waals surface area contributed by atoms with Gasteiger partial charge in [0.2, 0.25) is 0 Å². The second-order valence-electron chi connectivity index (χ2n) is 6.89. The van der Waals surface area contributed by atoms with Crippen LogP contribution in [0.2, 0.25) is 5.02 Å². The van der Waals surface area contributed by atoms with Crippen molar-refractivity contribution < 1.29 is 9.18 Å². The van der Waals surface area contributed by atoms with Crippen molar-refractivity contribution in [2.24, 2.45) is 0 Å². The lowest BCUT2D eigenvalue weighted by molar-refractivity contribution is 0.0934. The zero-order chi connectivity index (χ0) is 21.1. The van der Waals surface area contributed by atoms with E-state index in [-0.39, 0.29) is 17.8 Å². The molecule has 1 aromatic carbocycles. The van der Waals surface area contributed by atoms with Crippen LogP contribution >= 0.6 is 27.5 Å². The molecule has 0 bridgehead atoms. The van der Waals surface area contributed by atoms with Crippen molar-refractivity contribution in [3.63, 3.8) is 0 Å². The number of pyridine rings is 2. The molecule has 0 saturated heterocycles. The molecule has 0 spiro atoms. The molecule has 4 nitrogen and oxygen atoms in total. The Morgan fingerprint density at radius 2 is 1.97 bits per heavy atom. The Morgan fingerprint density at radius 3 is 2.62 bits per heavy atom. The van der Waals surface area contributed by atoms with Crippen molar-refractivity contribution in [1.82, 2.24) is 15.3 Å². The summed E-state index contributed by atoms with van der Waals surface area (Å²) in [6.07, 6.45) is 1.58. The first-order chi connectivity index (χ1) is 13.8. The number of carbonyl (C=O) groups excluding carboxylic acids is 1. The molecule has 3 rings (SSSR count). The van der Waals surface area contributed by atoms with Crippen LogP contribution in [-0.2, 0) is 5.33 Å². The van der Waals surface area contributed by atoms with Crippen molar-refractivity contribution in [2.75, 3.05) is 0 Å². The molecule has 2 aromatic heterocycles. The maximum absolute atomic E-state index is 13.5. The number of rotatable bonds is 5. The Balaban J connectivity index is 1.91. The summed E-state index contributed by atoms with van der Waals surface area (Å²) in [7, 11) is 0. The van der Waals surface area contributed by atoms with E-state index in [9.17, 15) is 9.18 Å². The van der Waals surface area contributed by atoms with Gasteiger partial charge in [0.15, 0.2) is 0 Å². The number of aromatic nitrogens is 2. The highest BCUT2D eigenvalue weighted by Gasteiger charge is 2.17. The Labute approximate surface area is 182 Å². The molecule has 1 atom stereocenters. The lowest BCUT2D eigenvalue weighted by Gasteiger charge is -2.15. The van der Waals surface area contributed by atoms with Crippen molar-refractivity contribution in [1.29, 1.82) is 0 Å². The SMILES string of the molecule is Cc1cc(C(C)NC(=O)c2cc(CBr)cc(-c3ccc(F)cc3C)n2)ncc1Cl. The minimum atomic E-state index is -0.316. The average Bonchev–Trinajstić information content (AvgIpc) is 2.69. The quantitative estimate of drug-likeness (QED) is 0.464. The molecule has 0 aliphatic rings. The third-order valence-electron chi connectivity index (χ3n) is 4.60. The summed E-state index contributed by atoms with van der Waals surface area (Å²) in [5.41, 5.74) is 4.96. The van der Waals surface area contributed by atoms with Crippen LogP contribution in [0.15, 0.2) is 42.6 Å². The highest BCUT2D eigenvalue weighted by atomic mass is 79.9. The van der Waals surface area contributed by atoms with Gasteiger partial charge in [-0.1, -0.05) is 27.5 Å². The number of hydrogen-bond donors (Lipinski definition) is 1. The van der Waals surface area contributed by atoms with Crippen LogP contribution < -0.4 is 5.32 Å². The van der Waals surface area contributed by atoms with E-state index in [0.29, 0.717) is 27.4 Å². The van der Waals surface area contributed by atoms with Gasteiger partial charge >= 0.3 is 0 Å². The Bertz CT molecular complexity index is 1070. The predicted octanol–water partition coefficient (Wildman–Crippen LogP) is 5.94. The van der Waals surface area contributed by atoms with Crippen LogP contribution in [0.4, 0.5) is 4.39 Å². The molecule has 1 unspecified atom stereocenters. The second-order valence-corrected chi connectivity index (χ2v) is 7.86. The van der Waals surface area contributed by atoms with E-state index in [2.05, 4.69) is 31.2 Å². The van der Waals surface area contributed by atoms with Gasteiger partial charge < -0.3 is 5.32 Å². The van der Waals surface area contributed by atoms with Crippen LogP contribution in [0.25, 0.3) is 11.3 Å². The summed E-state index contributed by atoms with van der Waals surface area (Å²) >= 11 is 9.47. The van der Waals surface area contributed by atoms with Gasteiger partial charge in [0.25, 0.3) is 5.91 Å². The third-order valence-corrected chi connectivity index (χ3v) is 5.64. The smallest absolute Gasteiger partial charge is 0.270 e. The number of carbonyl (C=O) groups is 1. The zero-order valence-electron chi connectivity index (χ0n) is 16.3. The molecular weight excluding hydrogens is 457 g/mol. The normalized spacial score (nSPS) is 11.9. The maximum Gasteiger partial charge on any atom is 0.270 e. The third kappa shape index (κ3) is 5.00. The van der Waals surface area contributed by atoms with Crippen molar-refractivity contribution >= 4 is 33.4 Å². The number of halogens is 3. The molecule has 1 amide bonds. The summed E-state index contributed by atoms with van der Waals surface area (Å²) in [5, 5.41) is 4.08. The van der Waals surface area contributed by atoms with Gasteiger partial charge in [0.05, 0.1) is 22.5 Å². The topological polar surface area (TPSA) is 54.9 Å². The molecule has 1 N–H and O–H groups in total. The minimum absolute atomic E-state index is 0.290. The first-order valence-corrected chi connectivity index (χ1v) is 10.5. The van der Waals surface area contributed by atoms with Crippen LogP contribution in [0, 0.1) is 19.7 Å². The van der Waals surface area contributed by atoms with Gasteiger partial charge in [-0.25, -0.2) is 9.37 Å². The standard InChI is InChI=1S/C22H20BrClFN3O/c1-12-6-16(25)4-5-17(12)20-8-15(10-23)9-21(28-20)22(29)27-14(3)19-7-13(2)18(24)11-26-19/h4-9,11,14H,10H2,1-3H3,(H,27,29). The molecule has 0 aliphatic carbocycles. The molecular formula is C22H20BrClFN3O. The molecule has 0 radical (unpaired) electrons. The summed E-state index contributed by atoms with van der Waals surface area (Å²) < 4.78 is 13.5. The van der Waals surface area contributed by atoms with Gasteiger partial charge in [0.1, 0.15) is 11.5 Å². The first kappa shape index (κ1) is 21.4. The van der Waals surface area contributed by atoms with E-state index in [1.54, 1.807) is 18.3 Å². The molecule has 150 valence electrons. The molecule has 2 heterocycles. The highest BCUT2D eigenvalue weighted by molar-refractivity contribution is 9.08. The molecule has 0 aliphatic heterocycles. The summed E-state index contributed by atoms with van der Waals surface area (Å²) in [5.74, 6) is -0.615. The monoisotopic (exact) mass is 475 g/mol. The van der Waals surface area contributed by atoms with Gasteiger partial charge in [-0.2, -0.15) is 0 Å².